The highest BCUT2D eigenvalue weighted by molar-refractivity contribution is 7.93. The van der Waals surface area contributed by atoms with Crippen molar-refractivity contribution in [3.8, 4) is 0 Å². The molecule has 1 aromatic rings. The summed E-state index contributed by atoms with van der Waals surface area (Å²) in [5.74, 6) is -0.538. The standard InChI is InChI=1S/C13H20FNO3S/c1-11(2)19(16,17)15(9-6-10-18-3)13-8-5-4-7-12(13)14/h4-5,7-8,11H,6,9-10H2,1-3H3. The lowest BCUT2D eigenvalue weighted by Gasteiger charge is -2.26. The summed E-state index contributed by atoms with van der Waals surface area (Å²) in [6, 6.07) is 5.89. The quantitative estimate of drug-likeness (QED) is 0.724. The minimum absolute atomic E-state index is 0.0901. The number of sulfonamides is 1. The highest BCUT2D eigenvalue weighted by atomic mass is 32.2. The lowest BCUT2D eigenvalue weighted by molar-refractivity contribution is 0.197. The first-order chi connectivity index (χ1) is 8.91. The van der Waals surface area contributed by atoms with E-state index in [1.807, 2.05) is 0 Å². The fraction of sp³-hybridized carbons (Fsp3) is 0.538. The van der Waals surface area contributed by atoms with Crippen molar-refractivity contribution in [2.45, 2.75) is 25.5 Å². The number of hydrogen-bond donors (Lipinski definition) is 0. The molecule has 0 aliphatic carbocycles. The topological polar surface area (TPSA) is 46.6 Å². The van der Waals surface area contributed by atoms with Gasteiger partial charge in [-0.2, -0.15) is 0 Å². The fourth-order valence-electron chi connectivity index (χ4n) is 1.65. The molecule has 0 aromatic heterocycles. The zero-order chi connectivity index (χ0) is 14.5. The predicted octanol–water partition coefficient (Wildman–Crippen LogP) is 2.41. The van der Waals surface area contributed by atoms with Gasteiger partial charge in [-0.1, -0.05) is 12.1 Å². The van der Waals surface area contributed by atoms with Gasteiger partial charge in [0.05, 0.1) is 10.9 Å². The SMILES string of the molecule is COCCCN(c1ccccc1F)S(=O)(=O)C(C)C. The molecule has 4 nitrogen and oxygen atoms in total. The van der Waals surface area contributed by atoms with Gasteiger partial charge in [0.15, 0.2) is 0 Å². The maximum Gasteiger partial charge on any atom is 0.237 e. The second-order valence-electron chi connectivity index (χ2n) is 4.46. The summed E-state index contributed by atoms with van der Waals surface area (Å²) in [6.45, 7) is 3.80. The molecule has 0 heterocycles. The van der Waals surface area contributed by atoms with Crippen LogP contribution in [-0.4, -0.2) is 33.9 Å². The number of hydrogen-bond acceptors (Lipinski definition) is 3. The lowest BCUT2D eigenvalue weighted by atomic mass is 10.3. The van der Waals surface area contributed by atoms with E-state index in [-0.39, 0.29) is 12.2 Å². The number of benzene rings is 1. The molecule has 6 heteroatoms. The van der Waals surface area contributed by atoms with Crippen molar-refractivity contribution >= 4 is 15.7 Å². The summed E-state index contributed by atoms with van der Waals surface area (Å²) in [4.78, 5) is 0. The number of halogens is 1. The summed E-state index contributed by atoms with van der Waals surface area (Å²) in [5, 5.41) is -0.602. The van der Waals surface area contributed by atoms with E-state index in [9.17, 15) is 12.8 Å². The highest BCUT2D eigenvalue weighted by Gasteiger charge is 2.27. The Morgan fingerprint density at radius 1 is 1.32 bits per heavy atom. The highest BCUT2D eigenvalue weighted by Crippen LogP contribution is 2.24. The van der Waals surface area contributed by atoms with Gasteiger partial charge in [-0.05, 0) is 32.4 Å². The molecule has 0 atom stereocenters. The average Bonchev–Trinajstić information content (AvgIpc) is 2.35. The summed E-state index contributed by atoms with van der Waals surface area (Å²) in [6.07, 6.45) is 0.511. The van der Waals surface area contributed by atoms with Crippen LogP contribution in [0.5, 0.6) is 0 Å². The Morgan fingerprint density at radius 2 is 1.95 bits per heavy atom. The molecule has 0 radical (unpaired) electrons. The van der Waals surface area contributed by atoms with Crippen LogP contribution in [0.4, 0.5) is 10.1 Å². The van der Waals surface area contributed by atoms with Gasteiger partial charge in [-0.15, -0.1) is 0 Å². The number of methoxy groups -OCH3 is 1. The van der Waals surface area contributed by atoms with Crippen LogP contribution in [0.15, 0.2) is 24.3 Å². The van der Waals surface area contributed by atoms with Crippen LogP contribution >= 0.6 is 0 Å². The molecule has 0 amide bonds. The second-order valence-corrected chi connectivity index (χ2v) is 6.88. The molecule has 1 aromatic carbocycles. The molecule has 0 aliphatic rings. The van der Waals surface area contributed by atoms with Crippen molar-refractivity contribution < 1.29 is 17.5 Å². The maximum atomic E-state index is 13.8. The van der Waals surface area contributed by atoms with E-state index >= 15 is 0 Å². The third kappa shape index (κ3) is 3.91. The summed E-state index contributed by atoms with van der Waals surface area (Å²) in [7, 11) is -2.01. The van der Waals surface area contributed by atoms with Gasteiger partial charge in [0.25, 0.3) is 0 Å². The van der Waals surface area contributed by atoms with E-state index in [1.165, 1.54) is 18.2 Å². The largest absolute Gasteiger partial charge is 0.385 e. The third-order valence-electron chi connectivity index (χ3n) is 2.73. The molecule has 0 fully saturated rings. The van der Waals surface area contributed by atoms with E-state index in [0.29, 0.717) is 13.0 Å². The van der Waals surface area contributed by atoms with Crippen LogP contribution in [0.2, 0.25) is 0 Å². The van der Waals surface area contributed by atoms with Gasteiger partial charge in [-0.25, -0.2) is 12.8 Å². The Hall–Kier alpha value is -1.14. The first-order valence-corrected chi connectivity index (χ1v) is 7.66. The second kappa shape index (κ2) is 6.86. The molecule has 0 N–H and O–H groups in total. The van der Waals surface area contributed by atoms with Gasteiger partial charge in [-0.3, -0.25) is 4.31 Å². The minimum Gasteiger partial charge on any atom is -0.385 e. The Kier molecular flexibility index (Phi) is 5.75. The Bertz CT molecular complexity index is 502. The molecular weight excluding hydrogens is 269 g/mol. The summed E-state index contributed by atoms with van der Waals surface area (Å²) < 4.78 is 44.4. The number of nitrogens with zero attached hydrogens (tertiary/aromatic N) is 1. The van der Waals surface area contributed by atoms with E-state index < -0.39 is 21.1 Å². The zero-order valence-corrected chi connectivity index (χ0v) is 12.3. The van der Waals surface area contributed by atoms with Crippen LogP contribution in [0.1, 0.15) is 20.3 Å². The van der Waals surface area contributed by atoms with Gasteiger partial charge in [0.1, 0.15) is 5.82 Å². The van der Waals surface area contributed by atoms with Crippen molar-refractivity contribution in [3.05, 3.63) is 30.1 Å². The summed E-state index contributed by atoms with van der Waals surface area (Å²) in [5.41, 5.74) is 0.0901. The van der Waals surface area contributed by atoms with Crippen molar-refractivity contribution in [2.24, 2.45) is 0 Å². The van der Waals surface area contributed by atoms with Crippen molar-refractivity contribution in [1.82, 2.24) is 0 Å². The number of para-hydroxylation sites is 1. The normalized spacial score (nSPS) is 11.8. The lowest BCUT2D eigenvalue weighted by Crippen LogP contribution is -2.38. The fourth-order valence-corrected chi connectivity index (χ4v) is 2.96. The van der Waals surface area contributed by atoms with Crippen LogP contribution in [-0.2, 0) is 14.8 Å². The van der Waals surface area contributed by atoms with E-state index in [2.05, 4.69) is 0 Å². The Morgan fingerprint density at radius 3 is 2.47 bits per heavy atom. The molecule has 0 bridgehead atoms. The number of anilines is 1. The van der Waals surface area contributed by atoms with Gasteiger partial charge in [0, 0.05) is 20.3 Å². The molecule has 0 unspecified atom stereocenters. The monoisotopic (exact) mass is 289 g/mol. The first kappa shape index (κ1) is 15.9. The van der Waals surface area contributed by atoms with Crippen LogP contribution in [0.25, 0.3) is 0 Å². The molecule has 0 saturated carbocycles. The third-order valence-corrected chi connectivity index (χ3v) is 4.92. The van der Waals surface area contributed by atoms with Gasteiger partial charge in [0.2, 0.25) is 10.0 Å². The average molecular weight is 289 g/mol. The molecule has 19 heavy (non-hydrogen) atoms. The van der Waals surface area contributed by atoms with Crippen molar-refractivity contribution in [3.63, 3.8) is 0 Å². The Balaban J connectivity index is 3.10. The van der Waals surface area contributed by atoms with E-state index in [1.54, 1.807) is 27.0 Å². The van der Waals surface area contributed by atoms with E-state index in [4.69, 9.17) is 4.74 Å². The van der Waals surface area contributed by atoms with Gasteiger partial charge >= 0.3 is 0 Å². The number of rotatable bonds is 7. The molecule has 0 aliphatic heterocycles. The first-order valence-electron chi connectivity index (χ1n) is 6.16. The predicted molar refractivity (Wildman–Crippen MR) is 74.3 cm³/mol. The van der Waals surface area contributed by atoms with Crippen molar-refractivity contribution in [2.75, 3.05) is 24.6 Å². The van der Waals surface area contributed by atoms with Crippen LogP contribution in [0, 0.1) is 5.82 Å². The van der Waals surface area contributed by atoms with Crippen LogP contribution < -0.4 is 4.31 Å². The Labute approximate surface area is 114 Å². The van der Waals surface area contributed by atoms with Gasteiger partial charge < -0.3 is 4.74 Å². The maximum absolute atomic E-state index is 13.8. The molecule has 0 spiro atoms. The number of ether oxygens (including phenoxy) is 1. The molecule has 1 rings (SSSR count). The minimum atomic E-state index is -3.56. The van der Waals surface area contributed by atoms with Crippen molar-refractivity contribution in [1.29, 1.82) is 0 Å². The molecular formula is C13H20FNO3S. The smallest absolute Gasteiger partial charge is 0.237 e. The van der Waals surface area contributed by atoms with Crippen LogP contribution in [0.3, 0.4) is 0 Å². The molecule has 0 saturated heterocycles. The zero-order valence-electron chi connectivity index (χ0n) is 11.5. The molecule has 108 valence electrons. The van der Waals surface area contributed by atoms with E-state index in [0.717, 1.165) is 4.31 Å². The summed E-state index contributed by atoms with van der Waals surface area (Å²) >= 11 is 0.